The average Bonchev–Trinajstić information content (AvgIpc) is 2.96. The molecule has 1 aromatic heterocycles. The maximum atomic E-state index is 13.0. The van der Waals surface area contributed by atoms with Crippen LogP contribution in [-0.4, -0.2) is 23.5 Å². The Morgan fingerprint density at radius 1 is 1.07 bits per heavy atom. The van der Waals surface area contributed by atoms with Gasteiger partial charge in [0.15, 0.2) is 0 Å². The lowest BCUT2D eigenvalue weighted by atomic mass is 9.95. The van der Waals surface area contributed by atoms with Gasteiger partial charge in [0.25, 0.3) is 5.91 Å². The van der Waals surface area contributed by atoms with E-state index in [0.29, 0.717) is 28.7 Å². The maximum absolute atomic E-state index is 13.0. The summed E-state index contributed by atoms with van der Waals surface area (Å²) in [6.07, 6.45) is 6.13. The Hall–Kier alpha value is -2.76. The molecule has 0 radical (unpaired) electrons. The van der Waals surface area contributed by atoms with E-state index in [1.165, 1.54) is 39.0 Å². The van der Waals surface area contributed by atoms with Crippen LogP contribution in [0.2, 0.25) is 0 Å². The van der Waals surface area contributed by atoms with Crippen LogP contribution in [0.15, 0.2) is 24.3 Å². The molecule has 0 unspecified atom stereocenters. The molecule has 1 aromatic carbocycles. The Bertz CT molecular complexity index is 879. The first-order valence-electron chi connectivity index (χ1n) is 9.86. The normalized spacial score (nSPS) is 14.6. The topological polar surface area (TPSA) is 72.4 Å². The molecule has 1 aliphatic carbocycles. The lowest BCUT2D eigenvalue weighted by molar-refractivity contribution is -0.114. The highest BCUT2D eigenvalue weighted by molar-refractivity contribution is 6.06. The van der Waals surface area contributed by atoms with Crippen molar-refractivity contribution >= 4 is 23.2 Å². The van der Waals surface area contributed by atoms with Gasteiger partial charge in [0.05, 0.1) is 18.4 Å². The third-order valence-corrected chi connectivity index (χ3v) is 5.44. The number of methoxy groups -OCH3 is 1. The predicted octanol–water partition coefficient (Wildman–Crippen LogP) is 4.83. The molecule has 6 heteroatoms. The van der Waals surface area contributed by atoms with Crippen LogP contribution in [0.1, 0.15) is 66.8 Å². The quantitative estimate of drug-likeness (QED) is 0.777. The van der Waals surface area contributed by atoms with Gasteiger partial charge in [0, 0.05) is 30.0 Å². The largest absolute Gasteiger partial charge is 0.495 e. The first-order chi connectivity index (χ1) is 13.4. The molecular formula is C22H29N3O3. The minimum Gasteiger partial charge on any atom is -0.495 e. The van der Waals surface area contributed by atoms with Gasteiger partial charge >= 0.3 is 0 Å². The van der Waals surface area contributed by atoms with Gasteiger partial charge in [-0.2, -0.15) is 0 Å². The zero-order valence-corrected chi connectivity index (χ0v) is 17.1. The zero-order valence-electron chi connectivity index (χ0n) is 17.1. The van der Waals surface area contributed by atoms with Crippen molar-refractivity contribution in [3.05, 3.63) is 41.2 Å². The summed E-state index contributed by atoms with van der Waals surface area (Å²) in [7, 11) is 1.55. The standard InChI is InChI=1S/C22H29N3O3/c1-14-12-19(15(2)25(14)18-8-6-5-7-9-18)22(27)24-20-13-17(23-16(3)26)10-11-21(20)28-4/h10-13,18H,5-9H2,1-4H3,(H,23,26)(H,24,27). The molecule has 3 rings (SSSR count). The van der Waals surface area contributed by atoms with Gasteiger partial charge in [-0.3, -0.25) is 9.59 Å². The number of carbonyl (C=O) groups excluding carboxylic acids is 2. The molecule has 28 heavy (non-hydrogen) atoms. The molecule has 0 bridgehead atoms. The van der Waals surface area contributed by atoms with Gasteiger partial charge in [0.2, 0.25) is 5.91 Å². The van der Waals surface area contributed by atoms with Crippen LogP contribution in [0.5, 0.6) is 5.75 Å². The minimum absolute atomic E-state index is 0.168. The number of carbonyl (C=O) groups is 2. The molecule has 6 nitrogen and oxygen atoms in total. The summed E-state index contributed by atoms with van der Waals surface area (Å²) < 4.78 is 7.68. The fraction of sp³-hybridized carbons (Fsp3) is 0.455. The number of anilines is 2. The van der Waals surface area contributed by atoms with Crippen LogP contribution in [-0.2, 0) is 4.79 Å². The Morgan fingerprint density at radius 2 is 1.79 bits per heavy atom. The number of hydrogen-bond acceptors (Lipinski definition) is 3. The van der Waals surface area contributed by atoms with Crippen molar-refractivity contribution in [1.29, 1.82) is 0 Å². The second kappa shape index (κ2) is 8.50. The average molecular weight is 383 g/mol. The predicted molar refractivity (Wildman–Crippen MR) is 111 cm³/mol. The highest BCUT2D eigenvalue weighted by atomic mass is 16.5. The van der Waals surface area contributed by atoms with Crippen molar-refractivity contribution in [2.24, 2.45) is 0 Å². The van der Waals surface area contributed by atoms with Crippen molar-refractivity contribution in [1.82, 2.24) is 4.57 Å². The third-order valence-electron chi connectivity index (χ3n) is 5.44. The second-order valence-corrected chi connectivity index (χ2v) is 7.50. The summed E-state index contributed by atoms with van der Waals surface area (Å²) in [6, 6.07) is 7.62. The molecule has 0 aliphatic heterocycles. The van der Waals surface area contributed by atoms with Crippen LogP contribution < -0.4 is 15.4 Å². The molecule has 1 heterocycles. The molecule has 2 N–H and O–H groups in total. The number of aromatic nitrogens is 1. The van der Waals surface area contributed by atoms with Crippen LogP contribution in [0, 0.1) is 13.8 Å². The summed E-state index contributed by atoms with van der Waals surface area (Å²) in [6.45, 7) is 5.53. The summed E-state index contributed by atoms with van der Waals surface area (Å²) >= 11 is 0. The maximum Gasteiger partial charge on any atom is 0.257 e. The summed E-state index contributed by atoms with van der Waals surface area (Å²) in [5.74, 6) is 0.204. The van der Waals surface area contributed by atoms with E-state index in [0.717, 1.165) is 11.4 Å². The van der Waals surface area contributed by atoms with E-state index >= 15 is 0 Å². The minimum atomic E-state index is -0.173. The van der Waals surface area contributed by atoms with Gasteiger partial charge in [-0.05, 0) is 51.0 Å². The fourth-order valence-corrected chi connectivity index (χ4v) is 4.18. The first kappa shape index (κ1) is 20.0. The SMILES string of the molecule is COc1ccc(NC(C)=O)cc1NC(=O)c1cc(C)n(C2CCCCC2)c1C. The number of aryl methyl sites for hydroxylation is 1. The Balaban J connectivity index is 1.86. The second-order valence-electron chi connectivity index (χ2n) is 7.50. The number of hydrogen-bond donors (Lipinski definition) is 2. The summed E-state index contributed by atoms with van der Waals surface area (Å²) in [4.78, 5) is 24.3. The van der Waals surface area contributed by atoms with Crippen LogP contribution in [0.25, 0.3) is 0 Å². The number of amides is 2. The Morgan fingerprint density at radius 3 is 2.43 bits per heavy atom. The van der Waals surface area contributed by atoms with Gasteiger partial charge in [0.1, 0.15) is 5.75 Å². The molecular weight excluding hydrogens is 354 g/mol. The molecule has 0 spiro atoms. The summed E-state index contributed by atoms with van der Waals surface area (Å²) in [5.41, 5.74) is 3.93. The van der Waals surface area contributed by atoms with Crippen molar-refractivity contribution in [2.75, 3.05) is 17.7 Å². The van der Waals surface area contributed by atoms with E-state index in [4.69, 9.17) is 4.74 Å². The highest BCUT2D eigenvalue weighted by Crippen LogP contribution is 2.33. The smallest absolute Gasteiger partial charge is 0.257 e. The summed E-state index contributed by atoms with van der Waals surface area (Å²) in [5, 5.41) is 5.67. The van der Waals surface area contributed by atoms with Crippen LogP contribution in [0.4, 0.5) is 11.4 Å². The van der Waals surface area contributed by atoms with E-state index in [9.17, 15) is 9.59 Å². The third kappa shape index (κ3) is 4.21. The van der Waals surface area contributed by atoms with Gasteiger partial charge in [-0.25, -0.2) is 0 Å². The van der Waals surface area contributed by atoms with E-state index in [1.54, 1.807) is 25.3 Å². The monoisotopic (exact) mass is 383 g/mol. The molecule has 2 aromatic rings. The molecule has 1 aliphatic rings. The fourth-order valence-electron chi connectivity index (χ4n) is 4.18. The number of nitrogens with zero attached hydrogens (tertiary/aromatic N) is 1. The number of ether oxygens (including phenoxy) is 1. The van der Waals surface area contributed by atoms with E-state index in [-0.39, 0.29) is 11.8 Å². The van der Waals surface area contributed by atoms with Crippen LogP contribution in [0.3, 0.4) is 0 Å². The Kier molecular flexibility index (Phi) is 6.07. The van der Waals surface area contributed by atoms with Crippen molar-refractivity contribution in [3.8, 4) is 5.75 Å². The zero-order chi connectivity index (χ0) is 20.3. The molecule has 0 saturated heterocycles. The van der Waals surface area contributed by atoms with Crippen molar-refractivity contribution < 1.29 is 14.3 Å². The van der Waals surface area contributed by atoms with E-state index in [2.05, 4.69) is 22.1 Å². The van der Waals surface area contributed by atoms with Crippen molar-refractivity contribution in [2.45, 2.75) is 58.9 Å². The lowest BCUT2D eigenvalue weighted by Crippen LogP contribution is -2.17. The van der Waals surface area contributed by atoms with E-state index in [1.807, 2.05) is 13.0 Å². The van der Waals surface area contributed by atoms with Crippen molar-refractivity contribution in [3.63, 3.8) is 0 Å². The number of nitrogens with one attached hydrogen (secondary N) is 2. The first-order valence-corrected chi connectivity index (χ1v) is 9.86. The van der Waals surface area contributed by atoms with Crippen LogP contribution >= 0.6 is 0 Å². The van der Waals surface area contributed by atoms with Gasteiger partial charge in [-0.1, -0.05) is 19.3 Å². The molecule has 1 saturated carbocycles. The van der Waals surface area contributed by atoms with Gasteiger partial charge < -0.3 is 19.9 Å². The molecule has 1 fully saturated rings. The molecule has 150 valence electrons. The number of benzene rings is 1. The molecule has 0 atom stereocenters. The van der Waals surface area contributed by atoms with Gasteiger partial charge in [-0.15, -0.1) is 0 Å². The lowest BCUT2D eigenvalue weighted by Gasteiger charge is -2.26. The number of rotatable bonds is 5. The molecule has 2 amide bonds. The highest BCUT2D eigenvalue weighted by Gasteiger charge is 2.23. The Labute approximate surface area is 166 Å². The van der Waals surface area contributed by atoms with E-state index < -0.39 is 0 Å².